The molecule has 0 amide bonds. The Morgan fingerprint density at radius 3 is 2.79 bits per heavy atom. The van der Waals surface area contributed by atoms with Gasteiger partial charge in [0.05, 0.1) is 6.54 Å². The van der Waals surface area contributed by atoms with Crippen molar-refractivity contribution in [2.24, 2.45) is 4.99 Å². The quantitative estimate of drug-likeness (QED) is 0.615. The number of rotatable bonds is 6. The number of pyridine rings is 1. The van der Waals surface area contributed by atoms with Crippen LogP contribution in [0.1, 0.15) is 38.2 Å². The van der Waals surface area contributed by atoms with Gasteiger partial charge in [0, 0.05) is 24.8 Å². The van der Waals surface area contributed by atoms with Crippen molar-refractivity contribution in [1.29, 1.82) is 0 Å². The molecule has 0 saturated heterocycles. The summed E-state index contributed by atoms with van der Waals surface area (Å²) in [5.74, 6) is 0.674. The lowest BCUT2D eigenvalue weighted by Crippen LogP contribution is -2.42. The predicted molar refractivity (Wildman–Crippen MR) is 86.0 cm³/mol. The molecule has 24 heavy (non-hydrogen) atoms. The first-order chi connectivity index (χ1) is 11.5. The highest BCUT2D eigenvalue weighted by Gasteiger charge is 2.28. The summed E-state index contributed by atoms with van der Waals surface area (Å²) < 4.78 is 41.2. The molecular formula is C16H23F3N4O. The third-order valence-corrected chi connectivity index (χ3v) is 3.64. The molecule has 0 atom stereocenters. The summed E-state index contributed by atoms with van der Waals surface area (Å²) in [5.41, 5.74) is 0.741. The van der Waals surface area contributed by atoms with Crippen molar-refractivity contribution in [2.45, 2.75) is 51.4 Å². The lowest BCUT2D eigenvalue weighted by Gasteiger charge is -2.16. The fourth-order valence-corrected chi connectivity index (χ4v) is 2.54. The Bertz CT molecular complexity index is 542. The van der Waals surface area contributed by atoms with E-state index >= 15 is 0 Å². The summed E-state index contributed by atoms with van der Waals surface area (Å²) in [6.07, 6.45) is 1.76. The van der Waals surface area contributed by atoms with Crippen molar-refractivity contribution in [3.63, 3.8) is 0 Å². The minimum atomic E-state index is -4.38. The molecule has 0 radical (unpaired) electrons. The maximum absolute atomic E-state index is 12.2. The number of hydrogen-bond acceptors (Lipinski definition) is 3. The van der Waals surface area contributed by atoms with Crippen LogP contribution in [0.5, 0.6) is 5.88 Å². The van der Waals surface area contributed by atoms with Crippen LogP contribution in [-0.2, 0) is 6.54 Å². The van der Waals surface area contributed by atoms with Crippen LogP contribution in [-0.4, -0.2) is 36.3 Å². The van der Waals surface area contributed by atoms with E-state index in [1.165, 1.54) is 25.1 Å². The first kappa shape index (κ1) is 18.4. The van der Waals surface area contributed by atoms with Gasteiger partial charge in [-0.05, 0) is 31.4 Å². The Morgan fingerprint density at radius 1 is 1.38 bits per heavy atom. The average Bonchev–Trinajstić information content (AvgIpc) is 3.04. The summed E-state index contributed by atoms with van der Waals surface area (Å²) in [6, 6.07) is 3.63. The summed E-state index contributed by atoms with van der Waals surface area (Å²) in [4.78, 5) is 8.27. The molecule has 1 fully saturated rings. The van der Waals surface area contributed by atoms with E-state index in [4.69, 9.17) is 0 Å². The zero-order valence-electron chi connectivity index (χ0n) is 13.7. The van der Waals surface area contributed by atoms with Crippen LogP contribution >= 0.6 is 0 Å². The normalized spacial score (nSPS) is 16.2. The molecule has 1 saturated carbocycles. The van der Waals surface area contributed by atoms with E-state index < -0.39 is 12.8 Å². The van der Waals surface area contributed by atoms with Gasteiger partial charge in [0.25, 0.3) is 0 Å². The molecule has 2 N–H and O–H groups in total. The first-order valence-electron chi connectivity index (χ1n) is 8.15. The zero-order valence-corrected chi connectivity index (χ0v) is 13.7. The van der Waals surface area contributed by atoms with Crippen molar-refractivity contribution in [3.05, 3.63) is 23.9 Å². The fraction of sp³-hybridized carbons (Fsp3) is 0.625. The van der Waals surface area contributed by atoms with Crippen LogP contribution in [0.3, 0.4) is 0 Å². The number of alkyl halides is 3. The van der Waals surface area contributed by atoms with Gasteiger partial charge in [0.2, 0.25) is 5.88 Å². The number of halogens is 3. The second kappa shape index (κ2) is 8.75. The molecule has 2 rings (SSSR count). The standard InChI is InChI=1S/C16H23F3N4O/c1-2-20-15(23-13-5-3-4-6-13)22-10-12-7-8-21-14(9-12)24-11-16(17,18)19/h7-9,13H,2-6,10-11H2,1H3,(H2,20,22,23). The number of hydrogen-bond donors (Lipinski definition) is 2. The zero-order chi connectivity index (χ0) is 17.4. The topological polar surface area (TPSA) is 58.5 Å². The maximum atomic E-state index is 12.2. The third kappa shape index (κ3) is 6.64. The van der Waals surface area contributed by atoms with E-state index in [2.05, 4.69) is 25.3 Å². The van der Waals surface area contributed by atoms with E-state index in [9.17, 15) is 13.2 Å². The van der Waals surface area contributed by atoms with E-state index in [0.29, 0.717) is 12.6 Å². The molecule has 1 aromatic rings. The second-order valence-corrected chi connectivity index (χ2v) is 5.73. The lowest BCUT2D eigenvalue weighted by molar-refractivity contribution is -0.154. The van der Waals surface area contributed by atoms with Gasteiger partial charge in [0.15, 0.2) is 12.6 Å². The Kier molecular flexibility index (Phi) is 6.69. The molecule has 134 valence electrons. The van der Waals surface area contributed by atoms with Crippen LogP contribution in [0.15, 0.2) is 23.3 Å². The van der Waals surface area contributed by atoms with Gasteiger partial charge in [-0.25, -0.2) is 9.98 Å². The summed E-state index contributed by atoms with van der Waals surface area (Å²) >= 11 is 0. The molecule has 0 bridgehead atoms. The van der Waals surface area contributed by atoms with Gasteiger partial charge in [-0.2, -0.15) is 13.2 Å². The number of nitrogens with one attached hydrogen (secondary N) is 2. The molecule has 0 spiro atoms. The van der Waals surface area contributed by atoms with Gasteiger partial charge in [-0.1, -0.05) is 12.8 Å². The Morgan fingerprint density at radius 2 is 2.12 bits per heavy atom. The highest BCUT2D eigenvalue weighted by atomic mass is 19.4. The highest BCUT2D eigenvalue weighted by Crippen LogP contribution is 2.18. The Hall–Kier alpha value is -1.99. The Labute approximate surface area is 139 Å². The fourth-order valence-electron chi connectivity index (χ4n) is 2.54. The molecule has 0 unspecified atom stereocenters. The van der Waals surface area contributed by atoms with Crippen LogP contribution in [0.25, 0.3) is 0 Å². The van der Waals surface area contributed by atoms with Gasteiger partial charge in [-0.3, -0.25) is 0 Å². The number of ether oxygens (including phenoxy) is 1. The van der Waals surface area contributed by atoms with Crippen molar-refractivity contribution >= 4 is 5.96 Å². The van der Waals surface area contributed by atoms with E-state index in [1.54, 1.807) is 6.07 Å². The molecule has 1 aromatic heterocycles. The molecule has 1 aliphatic rings. The summed E-state index contributed by atoms with van der Waals surface area (Å²) in [6.45, 7) is 1.72. The largest absolute Gasteiger partial charge is 0.468 e. The number of nitrogens with zero attached hydrogens (tertiary/aromatic N) is 2. The van der Waals surface area contributed by atoms with E-state index in [1.807, 2.05) is 6.92 Å². The number of aliphatic imine (C=N–C) groups is 1. The summed E-state index contributed by atoms with van der Waals surface area (Å²) in [7, 11) is 0. The van der Waals surface area contributed by atoms with Crippen molar-refractivity contribution in [2.75, 3.05) is 13.2 Å². The molecule has 5 nitrogen and oxygen atoms in total. The molecule has 0 aliphatic heterocycles. The SMILES string of the molecule is CCNC(=NCc1ccnc(OCC(F)(F)F)c1)NC1CCCC1. The monoisotopic (exact) mass is 344 g/mol. The van der Waals surface area contributed by atoms with Crippen molar-refractivity contribution in [1.82, 2.24) is 15.6 Å². The Balaban J connectivity index is 1.94. The van der Waals surface area contributed by atoms with Crippen LogP contribution in [0.2, 0.25) is 0 Å². The molecule has 8 heteroatoms. The van der Waals surface area contributed by atoms with Gasteiger partial charge in [-0.15, -0.1) is 0 Å². The molecule has 1 heterocycles. The smallest absolute Gasteiger partial charge is 0.422 e. The van der Waals surface area contributed by atoms with Crippen molar-refractivity contribution < 1.29 is 17.9 Å². The van der Waals surface area contributed by atoms with Crippen LogP contribution in [0.4, 0.5) is 13.2 Å². The maximum Gasteiger partial charge on any atom is 0.422 e. The van der Waals surface area contributed by atoms with Gasteiger partial charge in [0.1, 0.15) is 0 Å². The van der Waals surface area contributed by atoms with Crippen LogP contribution in [0, 0.1) is 0 Å². The van der Waals surface area contributed by atoms with Crippen molar-refractivity contribution in [3.8, 4) is 5.88 Å². The minimum absolute atomic E-state index is 0.0474. The number of guanidine groups is 1. The van der Waals surface area contributed by atoms with Gasteiger partial charge >= 0.3 is 6.18 Å². The average molecular weight is 344 g/mol. The predicted octanol–water partition coefficient (Wildman–Crippen LogP) is 3.02. The van der Waals surface area contributed by atoms with Crippen LogP contribution < -0.4 is 15.4 Å². The summed E-state index contributed by atoms with van der Waals surface area (Å²) in [5, 5.41) is 6.57. The first-order valence-corrected chi connectivity index (χ1v) is 8.15. The lowest BCUT2D eigenvalue weighted by atomic mass is 10.2. The van der Waals surface area contributed by atoms with E-state index in [-0.39, 0.29) is 5.88 Å². The van der Waals surface area contributed by atoms with E-state index in [0.717, 1.165) is 30.9 Å². The molecule has 0 aromatic carbocycles. The molecule has 1 aliphatic carbocycles. The third-order valence-electron chi connectivity index (χ3n) is 3.64. The number of aromatic nitrogens is 1. The molecular weight excluding hydrogens is 321 g/mol. The second-order valence-electron chi connectivity index (χ2n) is 5.73. The highest BCUT2D eigenvalue weighted by molar-refractivity contribution is 5.80. The minimum Gasteiger partial charge on any atom is -0.468 e. The van der Waals surface area contributed by atoms with Gasteiger partial charge < -0.3 is 15.4 Å².